The van der Waals surface area contributed by atoms with E-state index in [-0.39, 0.29) is 24.3 Å². The molecule has 1 fully saturated rings. The van der Waals surface area contributed by atoms with Crippen LogP contribution in [-0.2, 0) is 11.2 Å². The Morgan fingerprint density at radius 1 is 1.39 bits per heavy atom. The maximum atomic E-state index is 12.1. The zero-order valence-corrected chi connectivity index (χ0v) is 14.2. The lowest BCUT2D eigenvalue weighted by Gasteiger charge is -2.30. The van der Waals surface area contributed by atoms with Gasteiger partial charge in [-0.25, -0.2) is 4.79 Å². The van der Waals surface area contributed by atoms with Gasteiger partial charge in [-0.1, -0.05) is 6.92 Å². The van der Waals surface area contributed by atoms with Crippen molar-refractivity contribution in [3.63, 3.8) is 0 Å². The van der Waals surface area contributed by atoms with Crippen molar-refractivity contribution in [2.24, 2.45) is 11.7 Å². The van der Waals surface area contributed by atoms with E-state index in [0.29, 0.717) is 17.8 Å². The van der Waals surface area contributed by atoms with E-state index < -0.39 is 6.03 Å². The molecule has 0 bridgehead atoms. The third-order valence-electron chi connectivity index (χ3n) is 3.97. The Balaban J connectivity index is 1.88. The summed E-state index contributed by atoms with van der Waals surface area (Å²) in [4.78, 5) is 38.6. The van der Waals surface area contributed by atoms with Crippen molar-refractivity contribution in [2.75, 3.05) is 13.1 Å². The number of carbonyl (C=O) groups excluding carboxylic acids is 3. The van der Waals surface area contributed by atoms with E-state index in [4.69, 9.17) is 5.73 Å². The molecule has 4 amide bonds. The second-order valence-electron chi connectivity index (χ2n) is 5.64. The summed E-state index contributed by atoms with van der Waals surface area (Å²) in [5, 5.41) is 0. The molecule has 8 heteroatoms. The van der Waals surface area contributed by atoms with Crippen LogP contribution in [0, 0.1) is 12.8 Å². The summed E-state index contributed by atoms with van der Waals surface area (Å²) < 4.78 is 0. The number of likely N-dealkylation sites (tertiary alicyclic amines) is 1. The van der Waals surface area contributed by atoms with Crippen LogP contribution >= 0.6 is 11.3 Å². The van der Waals surface area contributed by atoms with E-state index in [9.17, 15) is 14.4 Å². The minimum atomic E-state index is -0.521. The number of hydrazine groups is 1. The molecule has 1 aromatic heterocycles. The molecule has 23 heavy (non-hydrogen) atoms. The molecule has 7 nitrogen and oxygen atoms in total. The van der Waals surface area contributed by atoms with E-state index in [1.807, 2.05) is 19.9 Å². The van der Waals surface area contributed by atoms with Gasteiger partial charge < -0.3 is 10.6 Å². The quantitative estimate of drug-likeness (QED) is 0.721. The van der Waals surface area contributed by atoms with Gasteiger partial charge in [-0.3, -0.25) is 20.4 Å². The van der Waals surface area contributed by atoms with Gasteiger partial charge in [0.1, 0.15) is 0 Å². The van der Waals surface area contributed by atoms with Crippen LogP contribution in [-0.4, -0.2) is 35.8 Å². The van der Waals surface area contributed by atoms with Gasteiger partial charge in [0.2, 0.25) is 5.91 Å². The molecule has 4 N–H and O–H groups in total. The molecule has 2 rings (SSSR count). The fourth-order valence-electron chi connectivity index (χ4n) is 2.66. The Morgan fingerprint density at radius 2 is 2.13 bits per heavy atom. The molecule has 1 aliphatic heterocycles. The second-order valence-corrected chi connectivity index (χ2v) is 6.77. The summed E-state index contributed by atoms with van der Waals surface area (Å²) in [7, 11) is 0. The van der Waals surface area contributed by atoms with Crippen LogP contribution in [0.3, 0.4) is 0 Å². The molecule has 0 saturated carbocycles. The highest BCUT2D eigenvalue weighted by molar-refractivity contribution is 7.14. The highest BCUT2D eigenvalue weighted by Crippen LogP contribution is 2.22. The smallest absolute Gasteiger partial charge is 0.314 e. The number of primary amides is 1. The van der Waals surface area contributed by atoms with Gasteiger partial charge in [0.15, 0.2) is 0 Å². The molecule has 2 heterocycles. The molecular formula is C15H22N4O3S. The van der Waals surface area contributed by atoms with Crippen LogP contribution in [0.1, 0.15) is 39.9 Å². The van der Waals surface area contributed by atoms with E-state index >= 15 is 0 Å². The third kappa shape index (κ3) is 4.22. The predicted molar refractivity (Wildman–Crippen MR) is 87.9 cm³/mol. The largest absolute Gasteiger partial charge is 0.351 e. The SMILES string of the molecule is CCc1sc(C(=O)NNC(=O)[C@@H]2CCCN(C(N)=O)C2)cc1C. The summed E-state index contributed by atoms with van der Waals surface area (Å²) in [5.74, 6) is -0.977. The number of thiophene rings is 1. The van der Waals surface area contributed by atoms with Gasteiger partial charge in [0.05, 0.1) is 10.8 Å². The number of rotatable bonds is 3. The fraction of sp³-hybridized carbons (Fsp3) is 0.533. The average molecular weight is 338 g/mol. The van der Waals surface area contributed by atoms with Crippen molar-refractivity contribution < 1.29 is 14.4 Å². The van der Waals surface area contributed by atoms with Gasteiger partial charge in [-0.05, 0) is 37.8 Å². The first-order chi connectivity index (χ1) is 10.9. The zero-order chi connectivity index (χ0) is 17.0. The van der Waals surface area contributed by atoms with Crippen LogP contribution in [0.15, 0.2) is 6.07 Å². The van der Waals surface area contributed by atoms with Crippen molar-refractivity contribution in [2.45, 2.75) is 33.1 Å². The topological polar surface area (TPSA) is 105 Å². The first kappa shape index (κ1) is 17.3. The minimum absolute atomic E-state index is 0.287. The van der Waals surface area contributed by atoms with Crippen LogP contribution in [0.4, 0.5) is 4.79 Å². The molecule has 126 valence electrons. The highest BCUT2D eigenvalue weighted by atomic mass is 32.1. The van der Waals surface area contributed by atoms with E-state index in [0.717, 1.165) is 23.3 Å². The van der Waals surface area contributed by atoms with Crippen LogP contribution in [0.2, 0.25) is 0 Å². The van der Waals surface area contributed by atoms with E-state index in [1.165, 1.54) is 16.2 Å². The summed E-state index contributed by atoms with van der Waals surface area (Å²) in [5.41, 5.74) is 11.2. The average Bonchev–Trinajstić information content (AvgIpc) is 2.93. The lowest BCUT2D eigenvalue weighted by atomic mass is 9.98. The number of amides is 4. The Hall–Kier alpha value is -2.09. The molecule has 1 saturated heterocycles. The van der Waals surface area contributed by atoms with Gasteiger partial charge in [-0.2, -0.15) is 0 Å². The molecule has 1 atom stereocenters. The predicted octanol–water partition coefficient (Wildman–Crippen LogP) is 1.17. The molecule has 0 aromatic carbocycles. The van der Waals surface area contributed by atoms with Gasteiger partial charge >= 0.3 is 6.03 Å². The van der Waals surface area contributed by atoms with Crippen molar-refractivity contribution in [3.8, 4) is 0 Å². The maximum Gasteiger partial charge on any atom is 0.314 e. The molecular weight excluding hydrogens is 316 g/mol. The minimum Gasteiger partial charge on any atom is -0.351 e. The maximum absolute atomic E-state index is 12.1. The number of nitrogens with one attached hydrogen (secondary N) is 2. The van der Waals surface area contributed by atoms with Crippen LogP contribution in [0.5, 0.6) is 0 Å². The Kier molecular flexibility index (Phi) is 5.59. The Labute approximate surface area is 139 Å². The fourth-order valence-corrected chi connectivity index (χ4v) is 3.67. The molecule has 0 spiro atoms. The second kappa shape index (κ2) is 7.45. The van der Waals surface area contributed by atoms with E-state index in [1.54, 1.807) is 0 Å². The normalized spacial score (nSPS) is 17.7. The number of nitrogens with two attached hydrogens (primary N) is 1. The van der Waals surface area contributed by atoms with Gasteiger partial charge in [-0.15, -0.1) is 11.3 Å². The number of piperidine rings is 1. The standard InChI is InChI=1S/C15H22N4O3S/c1-3-11-9(2)7-12(23-11)14(21)18-17-13(20)10-5-4-6-19(8-10)15(16)22/h7,10H,3-6,8H2,1-2H3,(H2,16,22)(H,17,20)(H,18,21)/t10-/m1/s1. The summed E-state index contributed by atoms with van der Waals surface area (Å²) in [6.45, 7) is 4.86. The molecule has 1 aromatic rings. The van der Waals surface area contributed by atoms with Crippen molar-refractivity contribution >= 4 is 29.2 Å². The number of hydrogen-bond donors (Lipinski definition) is 3. The van der Waals surface area contributed by atoms with Gasteiger partial charge in [0, 0.05) is 18.0 Å². The summed E-state index contributed by atoms with van der Waals surface area (Å²) in [6.07, 6.45) is 2.27. The highest BCUT2D eigenvalue weighted by Gasteiger charge is 2.27. The number of carbonyl (C=O) groups is 3. The zero-order valence-electron chi connectivity index (χ0n) is 13.3. The first-order valence-electron chi connectivity index (χ1n) is 7.66. The Morgan fingerprint density at radius 3 is 2.74 bits per heavy atom. The molecule has 0 radical (unpaired) electrons. The third-order valence-corrected chi connectivity index (χ3v) is 5.35. The number of hydrogen-bond acceptors (Lipinski definition) is 4. The van der Waals surface area contributed by atoms with Crippen molar-refractivity contribution in [3.05, 3.63) is 21.4 Å². The molecule has 0 aliphatic carbocycles. The van der Waals surface area contributed by atoms with Gasteiger partial charge in [0.25, 0.3) is 5.91 Å². The number of aryl methyl sites for hydroxylation is 2. The lowest BCUT2D eigenvalue weighted by molar-refractivity contribution is -0.127. The molecule has 0 unspecified atom stereocenters. The molecule has 1 aliphatic rings. The monoisotopic (exact) mass is 338 g/mol. The van der Waals surface area contributed by atoms with Crippen molar-refractivity contribution in [1.82, 2.24) is 15.8 Å². The van der Waals surface area contributed by atoms with Crippen LogP contribution < -0.4 is 16.6 Å². The first-order valence-corrected chi connectivity index (χ1v) is 8.48. The van der Waals surface area contributed by atoms with E-state index in [2.05, 4.69) is 10.9 Å². The Bertz CT molecular complexity index is 614. The summed E-state index contributed by atoms with van der Waals surface area (Å²) in [6, 6.07) is 1.30. The summed E-state index contributed by atoms with van der Waals surface area (Å²) >= 11 is 1.43. The lowest BCUT2D eigenvalue weighted by Crippen LogP contribution is -2.50. The van der Waals surface area contributed by atoms with Crippen molar-refractivity contribution in [1.29, 1.82) is 0 Å². The van der Waals surface area contributed by atoms with Crippen LogP contribution in [0.25, 0.3) is 0 Å². The number of urea groups is 1. The number of nitrogens with zero attached hydrogens (tertiary/aromatic N) is 1.